The topological polar surface area (TPSA) is 125 Å². The van der Waals surface area contributed by atoms with Crippen LogP contribution in [0.2, 0.25) is 0 Å². The van der Waals surface area contributed by atoms with Crippen molar-refractivity contribution in [3.05, 3.63) is 23.9 Å². The molecule has 1 heterocycles. The fraction of sp³-hybridized carbons (Fsp3) is 0.333. The molecule has 0 spiro atoms. The monoisotopic (exact) mass is 297 g/mol. The molecule has 0 aromatic carbocycles. The summed E-state index contributed by atoms with van der Waals surface area (Å²) in [4.78, 5) is 37.9. The van der Waals surface area contributed by atoms with Gasteiger partial charge in [0.2, 0.25) is 5.91 Å². The van der Waals surface area contributed by atoms with Gasteiger partial charge in [-0.2, -0.15) is 0 Å². The van der Waals surface area contributed by atoms with Crippen molar-refractivity contribution in [2.24, 2.45) is 11.5 Å². The molecule has 108 valence electrons. The van der Waals surface area contributed by atoms with Gasteiger partial charge in [0, 0.05) is 6.20 Å². The van der Waals surface area contributed by atoms with E-state index < -0.39 is 29.1 Å². The molecule has 1 aromatic rings. The number of ether oxygens (including phenoxy) is 1. The second-order valence-electron chi connectivity index (χ2n) is 3.97. The van der Waals surface area contributed by atoms with Crippen LogP contribution in [0.3, 0.4) is 0 Å². The molecule has 0 fully saturated rings. The zero-order valence-corrected chi connectivity index (χ0v) is 11.8. The summed E-state index contributed by atoms with van der Waals surface area (Å²) in [6.07, 6.45) is 0.429. The summed E-state index contributed by atoms with van der Waals surface area (Å²) in [7, 11) is 0. The first-order chi connectivity index (χ1) is 9.32. The Morgan fingerprint density at radius 2 is 1.90 bits per heavy atom. The molecule has 0 aliphatic carbocycles. The van der Waals surface area contributed by atoms with Crippen molar-refractivity contribution in [3.8, 4) is 0 Å². The van der Waals surface area contributed by atoms with E-state index in [1.807, 2.05) is 0 Å². The predicted molar refractivity (Wildman–Crippen MR) is 72.8 cm³/mol. The Morgan fingerprint density at radius 1 is 1.25 bits per heavy atom. The molecular formula is C12H15N3O4S. The van der Waals surface area contributed by atoms with E-state index in [-0.39, 0.29) is 5.56 Å². The lowest BCUT2D eigenvalue weighted by Crippen LogP contribution is -2.30. The van der Waals surface area contributed by atoms with E-state index in [4.69, 9.17) is 16.2 Å². The van der Waals surface area contributed by atoms with Gasteiger partial charge in [0.05, 0.1) is 10.8 Å². The largest absolute Gasteiger partial charge is 0.449 e. The van der Waals surface area contributed by atoms with Crippen LogP contribution in [-0.2, 0) is 14.3 Å². The van der Waals surface area contributed by atoms with Crippen LogP contribution in [0.4, 0.5) is 0 Å². The van der Waals surface area contributed by atoms with Crippen molar-refractivity contribution in [2.45, 2.75) is 30.2 Å². The third-order valence-corrected chi connectivity index (χ3v) is 3.50. The highest BCUT2D eigenvalue weighted by Gasteiger charge is 2.21. The van der Waals surface area contributed by atoms with Gasteiger partial charge in [0.25, 0.3) is 5.91 Å². The van der Waals surface area contributed by atoms with E-state index in [2.05, 4.69) is 4.98 Å². The van der Waals surface area contributed by atoms with E-state index in [1.165, 1.54) is 19.2 Å². The second-order valence-corrected chi connectivity index (χ2v) is 5.30. The fourth-order valence-corrected chi connectivity index (χ4v) is 2.00. The van der Waals surface area contributed by atoms with Crippen LogP contribution in [-0.4, -0.2) is 34.1 Å². The molecule has 0 radical (unpaired) electrons. The maximum atomic E-state index is 11.9. The minimum absolute atomic E-state index is 0.152. The molecule has 1 rings (SSSR count). The van der Waals surface area contributed by atoms with Crippen molar-refractivity contribution < 1.29 is 19.1 Å². The van der Waals surface area contributed by atoms with Crippen molar-refractivity contribution >= 4 is 29.5 Å². The first-order valence-electron chi connectivity index (χ1n) is 5.74. The van der Waals surface area contributed by atoms with Gasteiger partial charge >= 0.3 is 5.97 Å². The highest BCUT2D eigenvalue weighted by molar-refractivity contribution is 8.00. The van der Waals surface area contributed by atoms with Crippen LogP contribution < -0.4 is 11.5 Å². The summed E-state index contributed by atoms with van der Waals surface area (Å²) in [5.74, 6) is -2.00. The zero-order chi connectivity index (χ0) is 15.3. The maximum Gasteiger partial charge on any atom is 0.341 e. The Balaban J connectivity index is 2.92. The van der Waals surface area contributed by atoms with Gasteiger partial charge in [-0.1, -0.05) is 11.8 Å². The van der Waals surface area contributed by atoms with Gasteiger partial charge in [-0.15, -0.1) is 0 Å². The molecule has 1 aromatic heterocycles. The number of aromatic nitrogens is 1. The van der Waals surface area contributed by atoms with Gasteiger partial charge in [0.1, 0.15) is 5.03 Å². The molecule has 0 saturated heterocycles. The molecule has 0 aliphatic heterocycles. The summed E-state index contributed by atoms with van der Waals surface area (Å²) >= 11 is 1.04. The molecule has 2 atom stereocenters. The third kappa shape index (κ3) is 4.23. The number of carbonyl (C=O) groups excluding carboxylic acids is 3. The molecule has 7 nitrogen and oxygen atoms in total. The van der Waals surface area contributed by atoms with E-state index in [1.54, 1.807) is 13.0 Å². The number of thioether (sulfide) groups is 1. The number of amides is 2. The number of nitrogens with zero attached hydrogens (tertiary/aromatic N) is 1. The fourth-order valence-electron chi connectivity index (χ4n) is 1.15. The first kappa shape index (κ1) is 16.0. The number of primary amides is 2. The van der Waals surface area contributed by atoms with E-state index in [0.29, 0.717) is 5.03 Å². The maximum absolute atomic E-state index is 11.9. The molecule has 8 heteroatoms. The number of hydrogen-bond donors (Lipinski definition) is 2. The molecule has 0 aliphatic rings. The van der Waals surface area contributed by atoms with Crippen LogP contribution in [0, 0.1) is 0 Å². The third-order valence-electron chi connectivity index (χ3n) is 2.36. The molecule has 0 unspecified atom stereocenters. The molecule has 2 amide bonds. The van der Waals surface area contributed by atoms with Crippen LogP contribution in [0.25, 0.3) is 0 Å². The summed E-state index contributed by atoms with van der Waals surface area (Å²) in [6, 6.07) is 3.03. The first-order valence-corrected chi connectivity index (χ1v) is 6.62. The van der Waals surface area contributed by atoms with E-state index >= 15 is 0 Å². The van der Waals surface area contributed by atoms with E-state index in [0.717, 1.165) is 11.8 Å². The highest BCUT2D eigenvalue weighted by atomic mass is 32.2. The number of carbonyl (C=O) groups is 3. The van der Waals surface area contributed by atoms with Crippen molar-refractivity contribution in [1.82, 2.24) is 4.98 Å². The van der Waals surface area contributed by atoms with E-state index in [9.17, 15) is 14.4 Å². The molecule has 4 N–H and O–H groups in total. The molecule has 20 heavy (non-hydrogen) atoms. The Bertz CT molecular complexity index is 535. The van der Waals surface area contributed by atoms with Gasteiger partial charge in [0.15, 0.2) is 6.10 Å². The van der Waals surface area contributed by atoms with Gasteiger partial charge in [-0.05, 0) is 26.0 Å². The molecule has 0 bridgehead atoms. The van der Waals surface area contributed by atoms with Crippen LogP contribution in [0.1, 0.15) is 24.2 Å². The summed E-state index contributed by atoms with van der Waals surface area (Å²) in [5, 5.41) is -0.245. The van der Waals surface area contributed by atoms with Crippen molar-refractivity contribution in [2.75, 3.05) is 0 Å². The number of hydrogen-bond acceptors (Lipinski definition) is 6. The standard InChI is InChI=1S/C12H15N3O4S/c1-6(9(13)16)19-12(18)8-4-3-5-15-11(8)20-7(2)10(14)17/h3-7H,1-2H3,(H2,13,16)(H2,14,17)/t6-,7+/m1/s1. The smallest absolute Gasteiger partial charge is 0.341 e. The highest BCUT2D eigenvalue weighted by Crippen LogP contribution is 2.25. The molecular weight excluding hydrogens is 282 g/mol. The lowest BCUT2D eigenvalue weighted by molar-refractivity contribution is -0.125. The predicted octanol–water partition coefficient (Wildman–Crippen LogP) is 0.0781. The zero-order valence-electron chi connectivity index (χ0n) is 11.0. The van der Waals surface area contributed by atoms with Crippen LogP contribution in [0.15, 0.2) is 23.4 Å². The van der Waals surface area contributed by atoms with Crippen LogP contribution >= 0.6 is 11.8 Å². The minimum atomic E-state index is -1.05. The lowest BCUT2D eigenvalue weighted by atomic mass is 10.3. The summed E-state index contributed by atoms with van der Waals surface area (Å²) in [5.41, 5.74) is 10.3. The second kappa shape index (κ2) is 6.90. The number of rotatable bonds is 6. The Labute approximate surface area is 120 Å². The van der Waals surface area contributed by atoms with Gasteiger partial charge in [-0.25, -0.2) is 9.78 Å². The SMILES string of the molecule is C[C@H](Sc1ncccc1C(=O)O[C@H](C)C(N)=O)C(N)=O. The number of esters is 1. The Morgan fingerprint density at radius 3 is 2.45 bits per heavy atom. The van der Waals surface area contributed by atoms with Crippen molar-refractivity contribution in [1.29, 1.82) is 0 Å². The molecule has 0 saturated carbocycles. The van der Waals surface area contributed by atoms with Gasteiger partial charge in [-0.3, -0.25) is 9.59 Å². The normalized spacial score (nSPS) is 13.3. The Kier molecular flexibility index (Phi) is 5.51. The number of nitrogens with two attached hydrogens (primary N) is 2. The minimum Gasteiger partial charge on any atom is -0.449 e. The lowest BCUT2D eigenvalue weighted by Gasteiger charge is -2.12. The van der Waals surface area contributed by atoms with Crippen molar-refractivity contribution in [3.63, 3.8) is 0 Å². The van der Waals surface area contributed by atoms with Crippen LogP contribution in [0.5, 0.6) is 0 Å². The number of pyridine rings is 1. The summed E-state index contributed by atoms with van der Waals surface area (Å²) in [6.45, 7) is 2.97. The quantitative estimate of drug-likeness (QED) is 0.565. The van der Waals surface area contributed by atoms with Gasteiger partial charge < -0.3 is 16.2 Å². The Hall–Kier alpha value is -2.09. The average molecular weight is 297 g/mol. The average Bonchev–Trinajstić information content (AvgIpc) is 2.38. The summed E-state index contributed by atoms with van der Waals surface area (Å²) < 4.78 is 4.90.